The molecule has 12 rings (SSSR count). The third-order valence-corrected chi connectivity index (χ3v) is 12.9. The minimum absolute atomic E-state index is 0.173. The van der Waals surface area contributed by atoms with Crippen LogP contribution in [0.1, 0.15) is 49.9 Å². The first-order valence-electron chi connectivity index (χ1n) is 19.8. The Kier molecular flexibility index (Phi) is 6.43. The van der Waals surface area contributed by atoms with Crippen LogP contribution in [-0.2, 0) is 10.8 Å². The number of nitrogens with zero attached hydrogens (tertiary/aromatic N) is 2. The van der Waals surface area contributed by atoms with E-state index in [1.54, 1.807) is 0 Å². The highest BCUT2D eigenvalue weighted by Gasteiger charge is 2.41. The zero-order chi connectivity index (χ0) is 38.2. The molecular weight excluding hydrogens is 697 g/mol. The Labute approximate surface area is 330 Å². The SMILES string of the molecule is CC1(C)c2ccccc2-c2c(N(c3cccc4c3-c3ccccc3C4(C)C)c3cc4ccccc4c4c3oc3cccc(-c5nc6ccccc6o5)c34)cccc21. The van der Waals surface area contributed by atoms with Gasteiger partial charge in [-0.2, -0.15) is 0 Å². The van der Waals surface area contributed by atoms with Crippen molar-refractivity contribution in [3.8, 4) is 33.7 Å². The molecule has 4 heteroatoms. The third-order valence-electron chi connectivity index (χ3n) is 12.9. The molecule has 10 aromatic rings. The molecule has 2 aliphatic carbocycles. The van der Waals surface area contributed by atoms with Crippen LogP contribution < -0.4 is 4.90 Å². The zero-order valence-electron chi connectivity index (χ0n) is 32.2. The highest BCUT2D eigenvalue weighted by molar-refractivity contribution is 6.26. The molecule has 272 valence electrons. The van der Waals surface area contributed by atoms with Crippen molar-refractivity contribution in [3.63, 3.8) is 0 Å². The van der Waals surface area contributed by atoms with Crippen LogP contribution in [0.25, 0.3) is 77.5 Å². The van der Waals surface area contributed by atoms with E-state index in [2.05, 4.69) is 160 Å². The molecule has 2 aromatic heterocycles. The summed E-state index contributed by atoms with van der Waals surface area (Å²) < 4.78 is 13.7. The largest absolute Gasteiger partial charge is 0.454 e. The lowest BCUT2D eigenvalue weighted by molar-refractivity contribution is 0.620. The van der Waals surface area contributed by atoms with Gasteiger partial charge in [-0.3, -0.25) is 0 Å². The van der Waals surface area contributed by atoms with Gasteiger partial charge in [-0.1, -0.05) is 143 Å². The van der Waals surface area contributed by atoms with Gasteiger partial charge >= 0.3 is 0 Å². The summed E-state index contributed by atoms with van der Waals surface area (Å²) in [6.07, 6.45) is 0. The Morgan fingerprint density at radius 2 is 1.00 bits per heavy atom. The predicted molar refractivity (Wildman–Crippen MR) is 234 cm³/mol. The number of benzene rings is 8. The van der Waals surface area contributed by atoms with E-state index in [4.69, 9.17) is 13.8 Å². The van der Waals surface area contributed by atoms with Crippen molar-refractivity contribution in [1.82, 2.24) is 4.98 Å². The summed E-state index contributed by atoms with van der Waals surface area (Å²) in [6.45, 7) is 9.41. The van der Waals surface area contributed by atoms with E-state index in [1.807, 2.05) is 30.3 Å². The van der Waals surface area contributed by atoms with E-state index < -0.39 is 0 Å². The normalized spacial score (nSPS) is 14.6. The van der Waals surface area contributed by atoms with E-state index in [0.29, 0.717) is 5.89 Å². The summed E-state index contributed by atoms with van der Waals surface area (Å²) >= 11 is 0. The Bertz CT molecular complexity index is 3180. The van der Waals surface area contributed by atoms with Crippen molar-refractivity contribution < 1.29 is 8.83 Å². The standard InChI is InChI=1S/C53H38N2O2/c1-52(2)36-21-9-7-18-33(36)46-38(52)23-14-26-41(46)55(42-27-15-24-39-47(42)34-19-8-10-22-37(34)53(39,3)4)43-30-31-16-5-6-17-32(31)49-48-35(20-13-29-45(48)56-50(43)49)51-54-40-25-11-12-28-44(40)57-51/h5-30H,1-4H3. The van der Waals surface area contributed by atoms with Crippen LogP contribution in [0.3, 0.4) is 0 Å². The number of aromatic nitrogens is 1. The van der Waals surface area contributed by atoms with Gasteiger partial charge in [-0.05, 0) is 86.6 Å². The number of oxazole rings is 1. The van der Waals surface area contributed by atoms with E-state index in [1.165, 1.54) is 44.5 Å². The molecule has 0 radical (unpaired) electrons. The van der Waals surface area contributed by atoms with Crippen LogP contribution in [0.15, 0.2) is 167 Å². The first kappa shape index (κ1) is 32.3. The van der Waals surface area contributed by atoms with Crippen molar-refractivity contribution in [3.05, 3.63) is 180 Å². The van der Waals surface area contributed by atoms with Gasteiger partial charge < -0.3 is 13.7 Å². The Morgan fingerprint density at radius 1 is 0.456 bits per heavy atom. The van der Waals surface area contributed by atoms with Crippen LogP contribution >= 0.6 is 0 Å². The first-order valence-corrected chi connectivity index (χ1v) is 19.8. The fourth-order valence-corrected chi connectivity index (χ4v) is 10.2. The van der Waals surface area contributed by atoms with E-state index in [-0.39, 0.29) is 10.8 Å². The van der Waals surface area contributed by atoms with Crippen LogP contribution in [-0.4, -0.2) is 4.98 Å². The lowest BCUT2D eigenvalue weighted by Gasteiger charge is -2.31. The molecule has 0 N–H and O–H groups in total. The van der Waals surface area contributed by atoms with Crippen molar-refractivity contribution in [2.75, 3.05) is 4.90 Å². The predicted octanol–water partition coefficient (Wildman–Crippen LogP) is 14.6. The van der Waals surface area contributed by atoms with E-state index in [0.717, 1.165) is 66.4 Å². The quantitative estimate of drug-likeness (QED) is 0.181. The highest BCUT2D eigenvalue weighted by Crippen LogP contribution is 2.59. The fraction of sp³-hybridized carbons (Fsp3) is 0.113. The summed E-state index contributed by atoms with van der Waals surface area (Å²) in [5, 5.41) is 4.28. The molecule has 0 bridgehead atoms. The zero-order valence-corrected chi connectivity index (χ0v) is 32.2. The fourth-order valence-electron chi connectivity index (χ4n) is 10.2. The maximum Gasteiger partial charge on any atom is 0.228 e. The maximum absolute atomic E-state index is 7.20. The second kappa shape index (κ2) is 11.3. The summed E-state index contributed by atoms with van der Waals surface area (Å²) in [6, 6.07) is 56.7. The third kappa shape index (κ3) is 4.30. The number of fused-ring (bicyclic) bond motifs is 12. The van der Waals surface area contributed by atoms with Gasteiger partial charge in [-0.15, -0.1) is 0 Å². The Morgan fingerprint density at radius 3 is 1.68 bits per heavy atom. The van der Waals surface area contributed by atoms with Gasteiger partial charge in [-0.25, -0.2) is 4.98 Å². The first-order chi connectivity index (χ1) is 27.8. The maximum atomic E-state index is 7.20. The minimum atomic E-state index is -0.173. The van der Waals surface area contributed by atoms with Gasteiger partial charge in [0.05, 0.1) is 17.1 Å². The Balaban J connectivity index is 1.24. The van der Waals surface area contributed by atoms with Gasteiger partial charge in [0.1, 0.15) is 11.1 Å². The van der Waals surface area contributed by atoms with Gasteiger partial charge in [0.25, 0.3) is 0 Å². The van der Waals surface area contributed by atoms with Crippen LogP contribution in [0.4, 0.5) is 17.1 Å². The number of hydrogen-bond donors (Lipinski definition) is 0. The van der Waals surface area contributed by atoms with E-state index in [9.17, 15) is 0 Å². The number of hydrogen-bond acceptors (Lipinski definition) is 4. The molecule has 2 heterocycles. The molecule has 8 aromatic carbocycles. The highest BCUT2D eigenvalue weighted by atomic mass is 16.3. The van der Waals surface area contributed by atoms with Crippen LogP contribution in [0.2, 0.25) is 0 Å². The van der Waals surface area contributed by atoms with Crippen molar-refractivity contribution >= 4 is 60.9 Å². The molecule has 0 spiro atoms. The second-order valence-electron chi connectivity index (χ2n) is 16.7. The summed E-state index contributed by atoms with van der Waals surface area (Å²) in [5.41, 5.74) is 17.4. The van der Waals surface area contributed by atoms with Crippen molar-refractivity contribution in [1.29, 1.82) is 0 Å². The van der Waals surface area contributed by atoms with Gasteiger partial charge in [0, 0.05) is 38.3 Å². The Hall–Kier alpha value is -6.91. The molecule has 0 saturated heterocycles. The van der Waals surface area contributed by atoms with Crippen molar-refractivity contribution in [2.45, 2.75) is 38.5 Å². The average molecular weight is 735 g/mol. The summed E-state index contributed by atoms with van der Waals surface area (Å²) in [4.78, 5) is 7.49. The molecule has 0 amide bonds. The lowest BCUT2D eigenvalue weighted by Crippen LogP contribution is -2.17. The summed E-state index contributed by atoms with van der Waals surface area (Å²) in [5.74, 6) is 0.579. The van der Waals surface area contributed by atoms with Crippen LogP contribution in [0, 0.1) is 0 Å². The average Bonchev–Trinajstić information content (AvgIpc) is 3.97. The molecule has 57 heavy (non-hydrogen) atoms. The molecule has 4 nitrogen and oxygen atoms in total. The molecule has 2 aliphatic rings. The number of anilines is 3. The lowest BCUT2D eigenvalue weighted by atomic mass is 9.82. The number of furan rings is 1. The van der Waals surface area contributed by atoms with Crippen LogP contribution in [0.5, 0.6) is 0 Å². The molecule has 0 fully saturated rings. The number of rotatable bonds is 4. The molecule has 0 unspecified atom stereocenters. The molecular formula is C53H38N2O2. The molecule has 0 saturated carbocycles. The second-order valence-corrected chi connectivity index (χ2v) is 16.7. The smallest absolute Gasteiger partial charge is 0.228 e. The van der Waals surface area contributed by atoms with Crippen molar-refractivity contribution in [2.24, 2.45) is 0 Å². The molecule has 0 aliphatic heterocycles. The topological polar surface area (TPSA) is 42.4 Å². The monoisotopic (exact) mass is 734 g/mol. The minimum Gasteiger partial charge on any atom is -0.454 e. The number of para-hydroxylation sites is 2. The van der Waals surface area contributed by atoms with E-state index >= 15 is 0 Å². The van der Waals surface area contributed by atoms with Gasteiger partial charge in [0.2, 0.25) is 5.89 Å². The van der Waals surface area contributed by atoms with Gasteiger partial charge in [0.15, 0.2) is 11.2 Å². The molecule has 0 atom stereocenters. The summed E-state index contributed by atoms with van der Waals surface area (Å²) in [7, 11) is 0.